The number of amides is 2. The third kappa shape index (κ3) is 4.27. The van der Waals surface area contributed by atoms with E-state index >= 15 is 0 Å². The molecule has 13 heteroatoms. The Morgan fingerprint density at radius 3 is 2.73 bits per heavy atom. The number of carbonyl (C=O) groups excluding carboxylic acids is 2. The first-order chi connectivity index (χ1) is 17.7. The first-order valence-electron chi connectivity index (χ1n) is 10.6. The van der Waals surface area contributed by atoms with E-state index in [1.165, 1.54) is 36.5 Å². The average Bonchev–Trinajstić information content (AvgIpc) is 3.44. The van der Waals surface area contributed by atoms with Crippen LogP contribution >= 0.6 is 11.6 Å². The minimum Gasteiger partial charge on any atom is -0.322 e. The fraction of sp³-hybridized carbons (Fsp3) is 0.0417. The van der Waals surface area contributed by atoms with Crippen molar-refractivity contribution in [3.8, 4) is 5.69 Å². The summed E-state index contributed by atoms with van der Waals surface area (Å²) < 4.78 is 43.4. The van der Waals surface area contributed by atoms with Gasteiger partial charge in [-0.25, -0.2) is 4.68 Å². The van der Waals surface area contributed by atoms with Crippen LogP contribution in [0.5, 0.6) is 0 Å². The molecule has 0 radical (unpaired) electrons. The molecule has 1 aliphatic heterocycles. The van der Waals surface area contributed by atoms with E-state index in [0.717, 1.165) is 12.4 Å². The van der Waals surface area contributed by atoms with Crippen molar-refractivity contribution in [2.75, 3.05) is 16.1 Å². The molecule has 186 valence electrons. The lowest BCUT2D eigenvalue weighted by Gasteiger charge is -2.15. The lowest BCUT2D eigenvalue weighted by molar-refractivity contribution is -0.143. The third-order valence-corrected chi connectivity index (χ3v) is 5.89. The molecule has 3 aromatic carbocycles. The van der Waals surface area contributed by atoms with E-state index in [1.54, 1.807) is 18.2 Å². The van der Waals surface area contributed by atoms with Crippen molar-refractivity contribution in [3.63, 3.8) is 0 Å². The van der Waals surface area contributed by atoms with Crippen LogP contribution in [0, 0.1) is 5.41 Å². The molecule has 0 atom stereocenters. The normalized spacial score (nSPS) is 12.7. The zero-order valence-corrected chi connectivity index (χ0v) is 19.3. The largest absolute Gasteiger partial charge is 0.434 e. The van der Waals surface area contributed by atoms with Crippen LogP contribution in [-0.2, 0) is 6.18 Å². The van der Waals surface area contributed by atoms with Gasteiger partial charge in [0.2, 0.25) is 0 Å². The molecule has 2 heterocycles. The van der Waals surface area contributed by atoms with Gasteiger partial charge in [0, 0.05) is 33.9 Å². The summed E-state index contributed by atoms with van der Waals surface area (Å²) in [6.07, 6.45) is -1.96. The highest BCUT2D eigenvalue weighted by Crippen LogP contribution is 2.39. The molecule has 9 nitrogen and oxygen atoms in total. The van der Waals surface area contributed by atoms with Crippen LogP contribution in [0.4, 0.5) is 30.2 Å². The number of hydrogen-bond donors (Lipinski definition) is 4. The summed E-state index contributed by atoms with van der Waals surface area (Å²) in [4.78, 5) is 25.1. The van der Waals surface area contributed by atoms with E-state index in [2.05, 4.69) is 26.3 Å². The highest BCUT2D eigenvalue weighted by molar-refractivity contribution is 6.33. The Bertz CT molecular complexity index is 1630. The summed E-state index contributed by atoms with van der Waals surface area (Å²) in [6.45, 7) is 0. The van der Waals surface area contributed by atoms with Crippen LogP contribution in [0.25, 0.3) is 16.5 Å². The van der Waals surface area contributed by atoms with Crippen molar-refractivity contribution < 1.29 is 22.8 Å². The van der Waals surface area contributed by atoms with Crippen molar-refractivity contribution >= 4 is 63.7 Å². The van der Waals surface area contributed by atoms with Gasteiger partial charge in [0.25, 0.3) is 11.8 Å². The molecule has 0 aliphatic carbocycles. The standard InChI is InChI=1S/C24H15ClF3N7O2/c25-16-10-12(4-5-17(16)34-30-9-8-29)32-23(37)15-11-31-35(21(15)24(26,27)28)19-7-6-18-20-13(19)2-1-3-14(20)22(36)33-18/h1-11,29,34H,(H,32,37)(H,33,36)/b29-8?,30-9-. The van der Waals surface area contributed by atoms with E-state index < -0.39 is 23.3 Å². The molecule has 37 heavy (non-hydrogen) atoms. The zero-order valence-electron chi connectivity index (χ0n) is 18.5. The number of carbonyl (C=O) groups is 2. The number of benzene rings is 3. The number of hydrogen-bond acceptors (Lipinski definition) is 6. The van der Waals surface area contributed by atoms with Gasteiger partial charge in [0.1, 0.15) is 0 Å². The molecule has 4 N–H and O–H groups in total. The fourth-order valence-corrected chi connectivity index (χ4v) is 4.28. The summed E-state index contributed by atoms with van der Waals surface area (Å²) in [6, 6.07) is 11.9. The summed E-state index contributed by atoms with van der Waals surface area (Å²) in [5.41, 5.74) is 2.02. The minimum atomic E-state index is -4.93. The smallest absolute Gasteiger partial charge is 0.322 e. The first-order valence-corrected chi connectivity index (χ1v) is 11.0. The van der Waals surface area contributed by atoms with E-state index in [9.17, 15) is 22.8 Å². The predicted molar refractivity (Wildman–Crippen MR) is 134 cm³/mol. The van der Waals surface area contributed by atoms with Crippen LogP contribution in [-0.4, -0.2) is 34.0 Å². The summed E-state index contributed by atoms with van der Waals surface area (Å²) in [5, 5.41) is 20.6. The molecule has 0 fully saturated rings. The summed E-state index contributed by atoms with van der Waals surface area (Å²) in [7, 11) is 0. The Balaban J connectivity index is 1.53. The van der Waals surface area contributed by atoms with E-state index in [-0.39, 0.29) is 22.3 Å². The van der Waals surface area contributed by atoms with E-state index in [4.69, 9.17) is 17.0 Å². The molecule has 0 saturated carbocycles. The van der Waals surface area contributed by atoms with Gasteiger partial charge in [-0.15, -0.1) is 0 Å². The molecule has 1 aromatic heterocycles. The van der Waals surface area contributed by atoms with Crippen molar-refractivity contribution in [3.05, 3.63) is 76.6 Å². The number of rotatable bonds is 6. The molecule has 4 aromatic rings. The van der Waals surface area contributed by atoms with E-state index in [1.807, 2.05) is 0 Å². The maximum absolute atomic E-state index is 14.3. The Morgan fingerprint density at radius 1 is 1.19 bits per heavy atom. The highest BCUT2D eigenvalue weighted by atomic mass is 35.5. The van der Waals surface area contributed by atoms with Gasteiger partial charge in [0.05, 0.1) is 34.4 Å². The van der Waals surface area contributed by atoms with Crippen LogP contribution in [0.3, 0.4) is 0 Å². The second-order valence-corrected chi connectivity index (χ2v) is 8.24. The number of anilines is 3. The zero-order chi connectivity index (χ0) is 26.3. The first kappa shape index (κ1) is 24.0. The van der Waals surface area contributed by atoms with Gasteiger partial charge in [0.15, 0.2) is 5.69 Å². The molecule has 0 saturated heterocycles. The van der Waals surface area contributed by atoms with Crippen molar-refractivity contribution in [2.24, 2.45) is 5.10 Å². The highest BCUT2D eigenvalue weighted by Gasteiger charge is 2.41. The van der Waals surface area contributed by atoms with Gasteiger partial charge < -0.3 is 16.0 Å². The molecule has 1 aliphatic rings. The Labute approximate surface area is 211 Å². The lowest BCUT2D eigenvalue weighted by Crippen LogP contribution is -2.21. The topological polar surface area (TPSA) is 124 Å². The van der Waals surface area contributed by atoms with Gasteiger partial charge in [-0.2, -0.15) is 23.4 Å². The fourth-order valence-electron chi connectivity index (χ4n) is 4.06. The van der Waals surface area contributed by atoms with Crippen LogP contribution < -0.4 is 16.1 Å². The number of halogens is 4. The summed E-state index contributed by atoms with van der Waals surface area (Å²) in [5.74, 6) is -1.39. The van der Waals surface area contributed by atoms with Crippen LogP contribution in [0.1, 0.15) is 26.4 Å². The Hall–Kier alpha value is -4.71. The monoisotopic (exact) mass is 525 g/mol. The van der Waals surface area contributed by atoms with Crippen molar-refractivity contribution in [1.82, 2.24) is 9.78 Å². The van der Waals surface area contributed by atoms with Gasteiger partial charge in [-0.1, -0.05) is 23.7 Å². The SMILES string of the molecule is N=C/C=N\Nc1ccc(NC(=O)c2cnn(-c3ccc4c5c(cccc35)C(=O)N4)c2C(F)(F)F)cc1Cl. The molecule has 2 amide bonds. The van der Waals surface area contributed by atoms with Crippen LogP contribution in [0.15, 0.2) is 59.8 Å². The number of nitrogens with zero attached hydrogens (tertiary/aromatic N) is 3. The quantitative estimate of drug-likeness (QED) is 0.194. The minimum absolute atomic E-state index is 0.0624. The third-order valence-electron chi connectivity index (χ3n) is 5.58. The Morgan fingerprint density at radius 2 is 2.00 bits per heavy atom. The lowest BCUT2D eigenvalue weighted by atomic mass is 10.0. The average molecular weight is 526 g/mol. The number of hydrazone groups is 1. The van der Waals surface area contributed by atoms with Crippen molar-refractivity contribution in [1.29, 1.82) is 5.41 Å². The van der Waals surface area contributed by atoms with Crippen LogP contribution in [0.2, 0.25) is 5.02 Å². The number of nitrogens with one attached hydrogen (secondary N) is 4. The molecule has 5 rings (SSSR count). The molecular weight excluding hydrogens is 511 g/mol. The molecule has 0 spiro atoms. The van der Waals surface area contributed by atoms with Gasteiger partial charge in [-0.05, 0) is 36.4 Å². The van der Waals surface area contributed by atoms with Crippen molar-refractivity contribution in [2.45, 2.75) is 6.18 Å². The second-order valence-electron chi connectivity index (χ2n) is 7.84. The maximum Gasteiger partial charge on any atom is 0.434 e. The number of aromatic nitrogens is 2. The second kappa shape index (κ2) is 9.06. The van der Waals surface area contributed by atoms with Gasteiger partial charge in [-0.3, -0.25) is 15.0 Å². The molecule has 0 bridgehead atoms. The molecular formula is C24H15ClF3N7O2. The Kier molecular flexibility index (Phi) is 5.88. The number of alkyl halides is 3. The molecule has 0 unspecified atom stereocenters. The van der Waals surface area contributed by atoms with Gasteiger partial charge >= 0.3 is 6.18 Å². The van der Waals surface area contributed by atoms with E-state index in [0.29, 0.717) is 32.4 Å². The summed E-state index contributed by atoms with van der Waals surface area (Å²) >= 11 is 6.15. The predicted octanol–water partition coefficient (Wildman–Crippen LogP) is 5.56. The maximum atomic E-state index is 14.3.